The van der Waals surface area contributed by atoms with Crippen LogP contribution in [-0.2, 0) is 6.42 Å². The Balaban J connectivity index is 1.26. The van der Waals surface area contributed by atoms with Gasteiger partial charge in [0.05, 0.1) is 27.2 Å². The molecule has 0 radical (unpaired) electrons. The predicted molar refractivity (Wildman–Crippen MR) is 146 cm³/mol. The smallest absolute Gasteiger partial charge is 0.261 e. The zero-order chi connectivity index (χ0) is 25.4. The van der Waals surface area contributed by atoms with Crippen LogP contribution >= 0.6 is 27.3 Å². The molecule has 1 aliphatic heterocycles. The third kappa shape index (κ3) is 4.61. The number of benzene rings is 2. The lowest BCUT2D eigenvalue weighted by atomic mass is 10.1. The minimum absolute atomic E-state index is 0.199. The van der Waals surface area contributed by atoms with Crippen molar-refractivity contribution in [1.29, 1.82) is 0 Å². The van der Waals surface area contributed by atoms with Gasteiger partial charge in [0.15, 0.2) is 5.01 Å². The van der Waals surface area contributed by atoms with Gasteiger partial charge in [-0.15, -0.1) is 10.2 Å². The van der Waals surface area contributed by atoms with Crippen molar-refractivity contribution in [2.45, 2.75) is 12.5 Å². The summed E-state index contributed by atoms with van der Waals surface area (Å²) in [7, 11) is 0. The molecule has 1 aliphatic rings. The molecule has 2 amide bonds. The molecular weight excluding hydrogens is 552 g/mol. The summed E-state index contributed by atoms with van der Waals surface area (Å²) >= 11 is 4.88. The van der Waals surface area contributed by atoms with Gasteiger partial charge in [0, 0.05) is 24.3 Å². The number of aromatic nitrogens is 4. The Bertz CT molecular complexity index is 1610. The van der Waals surface area contributed by atoms with E-state index in [4.69, 9.17) is 4.98 Å². The third-order valence-electron chi connectivity index (χ3n) is 6.13. The zero-order valence-electron chi connectivity index (χ0n) is 19.3. The first-order valence-corrected chi connectivity index (χ1v) is 13.2. The molecule has 2 aromatic carbocycles. The Morgan fingerprint density at radius 3 is 2.38 bits per heavy atom. The third-order valence-corrected chi connectivity index (χ3v) is 7.59. The van der Waals surface area contributed by atoms with Gasteiger partial charge in [-0.05, 0) is 52.2 Å². The number of pyridine rings is 2. The summed E-state index contributed by atoms with van der Waals surface area (Å²) in [4.78, 5) is 36.2. The minimum atomic E-state index is -0.279. The highest BCUT2D eigenvalue weighted by molar-refractivity contribution is 9.10. The maximum Gasteiger partial charge on any atom is 0.261 e. The van der Waals surface area contributed by atoms with E-state index < -0.39 is 0 Å². The summed E-state index contributed by atoms with van der Waals surface area (Å²) in [6.07, 6.45) is 4.06. The molecule has 0 bridgehead atoms. The monoisotopic (exact) mass is 570 g/mol. The average molecular weight is 571 g/mol. The van der Waals surface area contributed by atoms with E-state index >= 15 is 0 Å². The number of fused-ring (bicyclic) bond motifs is 2. The van der Waals surface area contributed by atoms with Crippen molar-refractivity contribution in [2.75, 3.05) is 11.9 Å². The summed E-state index contributed by atoms with van der Waals surface area (Å²) in [5.41, 5.74) is 3.45. The van der Waals surface area contributed by atoms with Gasteiger partial charge < -0.3 is 5.32 Å². The minimum Gasteiger partial charge on any atom is -0.355 e. The number of hydrogen-bond acceptors (Lipinski definition) is 8. The molecule has 0 saturated heterocycles. The number of carbonyl (C=O) groups is 2. The van der Waals surface area contributed by atoms with E-state index in [1.807, 2.05) is 42.5 Å². The molecule has 5 aromatic rings. The Morgan fingerprint density at radius 2 is 1.62 bits per heavy atom. The number of anilines is 1. The molecule has 1 atom stereocenters. The largest absolute Gasteiger partial charge is 0.355 e. The van der Waals surface area contributed by atoms with Crippen molar-refractivity contribution in [1.82, 2.24) is 25.1 Å². The maximum absolute atomic E-state index is 13.0. The summed E-state index contributed by atoms with van der Waals surface area (Å²) < 4.78 is 0.804. The topological polar surface area (TPSA) is 101 Å². The van der Waals surface area contributed by atoms with Crippen molar-refractivity contribution in [3.8, 4) is 10.7 Å². The van der Waals surface area contributed by atoms with E-state index in [-0.39, 0.29) is 24.4 Å². The first-order valence-electron chi connectivity index (χ1n) is 11.6. The molecule has 4 heterocycles. The summed E-state index contributed by atoms with van der Waals surface area (Å²) in [6.45, 7) is 0.199. The number of halogens is 1. The molecule has 182 valence electrons. The molecule has 1 N–H and O–H groups in total. The fraction of sp³-hybridized carbons (Fsp3) is 0.111. The Labute approximate surface area is 224 Å². The molecule has 3 aromatic heterocycles. The van der Waals surface area contributed by atoms with E-state index in [1.165, 1.54) is 16.2 Å². The second-order valence-corrected chi connectivity index (χ2v) is 10.4. The lowest BCUT2D eigenvalue weighted by molar-refractivity contribution is 0.0647. The number of amides is 2. The fourth-order valence-electron chi connectivity index (χ4n) is 4.37. The van der Waals surface area contributed by atoms with Crippen LogP contribution in [0.5, 0.6) is 0 Å². The summed E-state index contributed by atoms with van der Waals surface area (Å²) in [5, 5.41) is 14.3. The van der Waals surface area contributed by atoms with Crippen LogP contribution in [0.3, 0.4) is 0 Å². The van der Waals surface area contributed by atoms with E-state index in [1.54, 1.807) is 36.7 Å². The second-order valence-electron chi connectivity index (χ2n) is 8.60. The first-order chi connectivity index (χ1) is 18.1. The summed E-state index contributed by atoms with van der Waals surface area (Å²) in [6, 6.07) is 20.4. The summed E-state index contributed by atoms with van der Waals surface area (Å²) in [5.74, 6) is -0.558. The van der Waals surface area contributed by atoms with Crippen LogP contribution in [0.25, 0.3) is 21.6 Å². The molecular formula is C27H19BrN6O2S. The standard InChI is InChI=1S/C27H19BrN6O2S/c28-21-14-29-13-17-10-11-22(31-23(17)21)24-32-33-27(37-24)30-18(12-16-6-2-1-3-7-16)15-34-25(35)19-8-4-5-9-20(19)26(34)36/h1-11,13-14,18H,12,15H2,(H,30,33)/t18-/m0/s1. The van der Waals surface area contributed by atoms with Gasteiger partial charge in [0.2, 0.25) is 5.13 Å². The van der Waals surface area contributed by atoms with E-state index in [2.05, 4.69) is 36.4 Å². The van der Waals surface area contributed by atoms with Crippen molar-refractivity contribution < 1.29 is 9.59 Å². The highest BCUT2D eigenvalue weighted by atomic mass is 79.9. The zero-order valence-corrected chi connectivity index (χ0v) is 21.7. The van der Waals surface area contributed by atoms with Crippen molar-refractivity contribution >= 4 is 55.1 Å². The molecule has 0 aliphatic carbocycles. The van der Waals surface area contributed by atoms with Crippen LogP contribution in [0, 0.1) is 0 Å². The number of nitrogens with one attached hydrogen (secondary N) is 1. The number of carbonyl (C=O) groups excluding carboxylic acids is 2. The number of imide groups is 1. The molecule has 0 fully saturated rings. The first kappa shape index (κ1) is 23.4. The van der Waals surface area contributed by atoms with Gasteiger partial charge >= 0.3 is 0 Å². The van der Waals surface area contributed by atoms with Gasteiger partial charge in [-0.1, -0.05) is 53.8 Å². The molecule has 37 heavy (non-hydrogen) atoms. The van der Waals surface area contributed by atoms with Gasteiger partial charge in [-0.25, -0.2) is 4.98 Å². The Morgan fingerprint density at radius 1 is 0.892 bits per heavy atom. The average Bonchev–Trinajstić information content (AvgIpc) is 3.48. The van der Waals surface area contributed by atoms with Gasteiger partial charge in [-0.3, -0.25) is 19.5 Å². The second kappa shape index (κ2) is 9.79. The van der Waals surface area contributed by atoms with Gasteiger partial charge in [0.1, 0.15) is 5.69 Å². The van der Waals surface area contributed by atoms with E-state index in [0.717, 1.165) is 20.9 Å². The molecule has 0 spiro atoms. The quantitative estimate of drug-likeness (QED) is 0.267. The van der Waals surface area contributed by atoms with Gasteiger partial charge in [0.25, 0.3) is 11.8 Å². The Hall–Kier alpha value is -4.02. The molecule has 0 unspecified atom stereocenters. The van der Waals surface area contributed by atoms with Crippen LogP contribution < -0.4 is 5.32 Å². The van der Waals surface area contributed by atoms with Crippen molar-refractivity contribution in [3.05, 3.63) is 100 Å². The van der Waals surface area contributed by atoms with Crippen LogP contribution in [0.1, 0.15) is 26.3 Å². The fourth-order valence-corrected chi connectivity index (χ4v) is 5.60. The highest BCUT2D eigenvalue weighted by Gasteiger charge is 2.36. The molecule has 8 nitrogen and oxygen atoms in total. The lowest BCUT2D eigenvalue weighted by Crippen LogP contribution is -2.41. The number of rotatable bonds is 7. The number of hydrogen-bond donors (Lipinski definition) is 1. The SMILES string of the molecule is O=C1c2ccccc2C(=O)N1C[C@H](Cc1ccccc1)Nc1nnc(-c2ccc3cncc(Br)c3n2)s1. The van der Waals surface area contributed by atoms with Crippen LogP contribution in [0.2, 0.25) is 0 Å². The normalized spacial score (nSPS) is 13.7. The highest BCUT2D eigenvalue weighted by Crippen LogP contribution is 2.30. The Kier molecular flexibility index (Phi) is 6.19. The predicted octanol–water partition coefficient (Wildman–Crippen LogP) is 5.23. The molecule has 0 saturated carbocycles. The van der Waals surface area contributed by atoms with Crippen molar-refractivity contribution in [3.63, 3.8) is 0 Å². The molecule has 10 heteroatoms. The van der Waals surface area contributed by atoms with Crippen LogP contribution in [-0.4, -0.2) is 49.5 Å². The van der Waals surface area contributed by atoms with Gasteiger partial charge in [-0.2, -0.15) is 0 Å². The number of nitrogens with zero attached hydrogens (tertiary/aromatic N) is 5. The lowest BCUT2D eigenvalue weighted by Gasteiger charge is -2.23. The van der Waals surface area contributed by atoms with Crippen LogP contribution in [0.4, 0.5) is 5.13 Å². The van der Waals surface area contributed by atoms with E-state index in [0.29, 0.717) is 33.4 Å². The van der Waals surface area contributed by atoms with Crippen LogP contribution in [0.15, 0.2) is 83.6 Å². The molecule has 6 rings (SSSR count). The maximum atomic E-state index is 13.0. The van der Waals surface area contributed by atoms with E-state index in [9.17, 15) is 9.59 Å². The van der Waals surface area contributed by atoms with Crippen molar-refractivity contribution in [2.24, 2.45) is 0 Å².